The fraction of sp³-hybridized carbons (Fsp3) is 0.500. The van der Waals surface area contributed by atoms with Gasteiger partial charge in [-0.1, -0.05) is 6.08 Å². The molecule has 0 atom stereocenters. The molecule has 87 valence electrons. The van der Waals surface area contributed by atoms with Crippen LogP contribution in [0.2, 0.25) is 0 Å². The molecule has 4 heteroatoms. The second kappa shape index (κ2) is 5.70. The van der Waals surface area contributed by atoms with E-state index in [0.717, 1.165) is 13.1 Å². The van der Waals surface area contributed by atoms with E-state index < -0.39 is 0 Å². The highest BCUT2D eigenvalue weighted by Gasteiger charge is 2.16. The topological polar surface area (TPSA) is 44.4 Å². The summed E-state index contributed by atoms with van der Waals surface area (Å²) in [4.78, 5) is 14.0. The summed E-state index contributed by atoms with van der Waals surface area (Å²) in [5.74, 6) is -0.0280. The molecule has 1 saturated heterocycles. The lowest BCUT2D eigenvalue weighted by Crippen LogP contribution is -2.39. The van der Waals surface area contributed by atoms with E-state index in [9.17, 15) is 4.79 Å². The van der Waals surface area contributed by atoms with Crippen molar-refractivity contribution in [3.8, 4) is 0 Å². The lowest BCUT2D eigenvalue weighted by Gasteiger charge is -2.17. The molecule has 16 heavy (non-hydrogen) atoms. The van der Waals surface area contributed by atoms with Gasteiger partial charge in [0.15, 0.2) is 6.04 Å². The summed E-state index contributed by atoms with van der Waals surface area (Å²) < 4.78 is 0. The van der Waals surface area contributed by atoms with Crippen molar-refractivity contribution < 1.29 is 4.79 Å². The van der Waals surface area contributed by atoms with E-state index in [0.29, 0.717) is 6.04 Å². The number of carbonyl (C=O) groups is 1. The summed E-state index contributed by atoms with van der Waals surface area (Å²) in [6.07, 6.45) is 9.84. The average molecular weight is 220 g/mol. The lowest BCUT2D eigenvalue weighted by molar-refractivity contribution is -0.119. The van der Waals surface area contributed by atoms with Crippen LogP contribution in [0.1, 0.15) is 12.8 Å². The first-order valence-corrected chi connectivity index (χ1v) is 5.83. The molecule has 0 aromatic rings. The van der Waals surface area contributed by atoms with Crippen LogP contribution >= 0.6 is 0 Å². The third-order valence-electron chi connectivity index (χ3n) is 2.87. The first-order chi connectivity index (χ1) is 7.86. The maximum atomic E-state index is 11.7. The van der Waals surface area contributed by atoms with Crippen LogP contribution in [0.3, 0.4) is 0 Å². The van der Waals surface area contributed by atoms with Crippen molar-refractivity contribution in [3.05, 3.63) is 30.5 Å². The summed E-state index contributed by atoms with van der Waals surface area (Å²) in [6, 6.07) is 0.615. The fourth-order valence-corrected chi connectivity index (χ4v) is 1.96. The molecular weight excluding hydrogens is 202 g/mol. The molecule has 0 aliphatic carbocycles. The van der Waals surface area contributed by atoms with Gasteiger partial charge in [-0.25, -0.2) is 0 Å². The number of carbonyl (C=O) groups excluding carboxylic acids is 1. The summed E-state index contributed by atoms with van der Waals surface area (Å²) in [7, 11) is 0. The van der Waals surface area contributed by atoms with Crippen LogP contribution in [0.15, 0.2) is 24.4 Å². The first kappa shape index (κ1) is 11.2. The summed E-state index contributed by atoms with van der Waals surface area (Å²) in [5.41, 5.74) is 0. The van der Waals surface area contributed by atoms with E-state index in [1.54, 1.807) is 12.3 Å². The van der Waals surface area contributed by atoms with E-state index in [4.69, 9.17) is 0 Å². The summed E-state index contributed by atoms with van der Waals surface area (Å²) in [5, 5.41) is 5.83. The zero-order valence-electron chi connectivity index (χ0n) is 9.41. The smallest absolute Gasteiger partial charge is 0.253 e. The number of hydrogen-bond donors (Lipinski definition) is 2. The molecule has 0 aromatic heterocycles. The number of dihydropyridines is 1. The average Bonchev–Trinajstić information content (AvgIpc) is 2.83. The van der Waals surface area contributed by atoms with E-state index in [1.165, 1.54) is 25.9 Å². The van der Waals surface area contributed by atoms with Crippen molar-refractivity contribution in [2.75, 3.05) is 26.2 Å². The molecule has 2 N–H and O–H groups in total. The molecule has 2 aliphatic heterocycles. The molecule has 4 nitrogen and oxygen atoms in total. The van der Waals surface area contributed by atoms with Crippen LogP contribution < -0.4 is 10.6 Å². The van der Waals surface area contributed by atoms with Gasteiger partial charge in [-0.05, 0) is 44.3 Å². The Morgan fingerprint density at radius 3 is 2.88 bits per heavy atom. The second-order valence-corrected chi connectivity index (χ2v) is 4.08. The second-order valence-electron chi connectivity index (χ2n) is 4.08. The highest BCUT2D eigenvalue weighted by atomic mass is 16.2. The molecule has 1 amide bonds. The van der Waals surface area contributed by atoms with Crippen molar-refractivity contribution >= 4 is 5.91 Å². The number of amides is 1. The lowest BCUT2D eigenvalue weighted by atomic mass is 10.2. The molecule has 1 radical (unpaired) electrons. The molecule has 0 unspecified atom stereocenters. The van der Waals surface area contributed by atoms with Crippen molar-refractivity contribution in [3.63, 3.8) is 0 Å². The number of allylic oxidation sites excluding steroid dienone is 2. The highest BCUT2D eigenvalue weighted by Crippen LogP contribution is 2.06. The number of hydrogen-bond acceptors (Lipinski definition) is 3. The minimum Gasteiger partial charge on any atom is -0.371 e. The monoisotopic (exact) mass is 220 g/mol. The largest absolute Gasteiger partial charge is 0.371 e. The Hall–Kier alpha value is -1.29. The Morgan fingerprint density at radius 2 is 2.19 bits per heavy atom. The zero-order valence-corrected chi connectivity index (χ0v) is 9.41. The summed E-state index contributed by atoms with van der Waals surface area (Å²) >= 11 is 0. The molecule has 0 aromatic carbocycles. The van der Waals surface area contributed by atoms with Crippen molar-refractivity contribution in [2.45, 2.75) is 12.8 Å². The van der Waals surface area contributed by atoms with E-state index in [1.807, 2.05) is 12.2 Å². The van der Waals surface area contributed by atoms with Gasteiger partial charge in [0, 0.05) is 13.1 Å². The molecule has 0 spiro atoms. The van der Waals surface area contributed by atoms with Crippen LogP contribution in [-0.2, 0) is 4.79 Å². The van der Waals surface area contributed by atoms with Crippen LogP contribution in [0, 0.1) is 6.04 Å². The molecule has 2 aliphatic rings. The maximum Gasteiger partial charge on any atom is 0.253 e. The van der Waals surface area contributed by atoms with E-state index >= 15 is 0 Å². The molecular formula is C12H18N3O. The Balaban J connectivity index is 1.63. The van der Waals surface area contributed by atoms with Gasteiger partial charge in [0.25, 0.3) is 5.91 Å². The van der Waals surface area contributed by atoms with Gasteiger partial charge in [0.2, 0.25) is 0 Å². The van der Waals surface area contributed by atoms with Crippen molar-refractivity contribution in [1.29, 1.82) is 0 Å². The normalized spacial score (nSPS) is 21.0. The van der Waals surface area contributed by atoms with Gasteiger partial charge >= 0.3 is 0 Å². The minimum atomic E-state index is -0.0280. The third kappa shape index (κ3) is 3.10. The van der Waals surface area contributed by atoms with Crippen LogP contribution in [-0.4, -0.2) is 37.0 Å². The predicted octanol–water partition coefficient (Wildman–Crippen LogP) is 0.403. The highest BCUT2D eigenvalue weighted by molar-refractivity contribution is 5.92. The van der Waals surface area contributed by atoms with Gasteiger partial charge in [0.05, 0.1) is 0 Å². The SMILES string of the molecule is O=C(NCCN1CCCC1)[C]1C=CC=CN1. The minimum absolute atomic E-state index is 0.0280. The number of nitrogens with one attached hydrogen (secondary N) is 2. The quantitative estimate of drug-likeness (QED) is 0.721. The van der Waals surface area contributed by atoms with Gasteiger partial charge in [-0.15, -0.1) is 0 Å². The maximum absolute atomic E-state index is 11.7. The molecule has 2 rings (SSSR count). The Bertz CT molecular complexity index is 293. The molecule has 2 heterocycles. The predicted molar refractivity (Wildman–Crippen MR) is 63.3 cm³/mol. The van der Waals surface area contributed by atoms with Gasteiger partial charge in [-0.3, -0.25) is 4.79 Å². The third-order valence-corrected chi connectivity index (χ3v) is 2.87. The molecule has 1 fully saturated rings. The van der Waals surface area contributed by atoms with E-state index in [-0.39, 0.29) is 5.91 Å². The molecule has 0 bridgehead atoms. The first-order valence-electron chi connectivity index (χ1n) is 5.83. The Labute approximate surface area is 96.4 Å². The van der Waals surface area contributed by atoms with Crippen LogP contribution in [0.5, 0.6) is 0 Å². The Morgan fingerprint density at radius 1 is 1.38 bits per heavy atom. The number of nitrogens with zero attached hydrogens (tertiary/aromatic N) is 1. The van der Waals surface area contributed by atoms with Crippen LogP contribution in [0.25, 0.3) is 0 Å². The number of rotatable bonds is 4. The van der Waals surface area contributed by atoms with Gasteiger partial charge < -0.3 is 15.5 Å². The van der Waals surface area contributed by atoms with Crippen molar-refractivity contribution in [2.24, 2.45) is 0 Å². The zero-order chi connectivity index (χ0) is 11.2. The standard InChI is InChI=1S/C12H18N3O/c16-12(11-5-1-2-6-13-11)14-7-10-15-8-3-4-9-15/h1-2,5-6,13H,3-4,7-10H2,(H,14,16). The fourth-order valence-electron chi connectivity index (χ4n) is 1.96. The summed E-state index contributed by atoms with van der Waals surface area (Å²) in [6.45, 7) is 4.03. The number of likely N-dealkylation sites (tertiary alicyclic amines) is 1. The van der Waals surface area contributed by atoms with Crippen molar-refractivity contribution in [1.82, 2.24) is 15.5 Å². The van der Waals surface area contributed by atoms with Gasteiger partial charge in [0.1, 0.15) is 0 Å². The van der Waals surface area contributed by atoms with Gasteiger partial charge in [-0.2, -0.15) is 0 Å². The van der Waals surface area contributed by atoms with E-state index in [2.05, 4.69) is 15.5 Å². The Kier molecular flexibility index (Phi) is 3.99. The van der Waals surface area contributed by atoms with Crippen LogP contribution in [0.4, 0.5) is 0 Å². The molecule has 0 saturated carbocycles.